The number of hydrazine groups is 1. The summed E-state index contributed by atoms with van der Waals surface area (Å²) in [4.78, 5) is 1.25. The second-order valence-electron chi connectivity index (χ2n) is 5.15. The highest BCUT2D eigenvalue weighted by Crippen LogP contribution is 2.38. The van der Waals surface area contributed by atoms with Gasteiger partial charge < -0.3 is 4.74 Å². The predicted octanol–water partition coefficient (Wildman–Crippen LogP) is 2.56. The molecule has 0 spiro atoms. The Hall–Kier alpha value is -0.710. The average Bonchev–Trinajstić information content (AvgIpc) is 2.93. The summed E-state index contributed by atoms with van der Waals surface area (Å²) < 4.78 is 6.13. The van der Waals surface area contributed by atoms with Gasteiger partial charge in [-0.25, -0.2) is 0 Å². The molecule has 3 nitrogen and oxygen atoms in total. The second kappa shape index (κ2) is 5.51. The third kappa shape index (κ3) is 2.37. The molecule has 0 saturated heterocycles. The van der Waals surface area contributed by atoms with Crippen molar-refractivity contribution in [2.45, 2.75) is 42.7 Å². The molecule has 18 heavy (non-hydrogen) atoms. The van der Waals surface area contributed by atoms with Crippen molar-refractivity contribution in [1.29, 1.82) is 0 Å². The second-order valence-corrected chi connectivity index (χ2v) is 6.21. The molecule has 1 aromatic rings. The van der Waals surface area contributed by atoms with E-state index in [0.717, 1.165) is 11.5 Å². The van der Waals surface area contributed by atoms with Crippen LogP contribution in [0.25, 0.3) is 0 Å². The minimum atomic E-state index is 0.193. The molecule has 2 aliphatic rings. The molecule has 2 atom stereocenters. The zero-order valence-electron chi connectivity index (χ0n) is 10.5. The summed E-state index contributed by atoms with van der Waals surface area (Å²) in [6, 6.07) is 8.55. The van der Waals surface area contributed by atoms with Crippen molar-refractivity contribution >= 4 is 11.8 Å². The lowest BCUT2D eigenvalue weighted by molar-refractivity contribution is 0.133. The molecule has 1 saturated carbocycles. The summed E-state index contributed by atoms with van der Waals surface area (Å²) in [5.41, 5.74) is 3.01. The van der Waals surface area contributed by atoms with Crippen molar-refractivity contribution in [2.24, 2.45) is 11.8 Å². The molecule has 3 rings (SSSR count). The number of nitrogens with one attached hydrogen (secondary N) is 1. The highest BCUT2D eigenvalue weighted by molar-refractivity contribution is 7.99. The lowest BCUT2D eigenvalue weighted by Gasteiger charge is -2.34. The van der Waals surface area contributed by atoms with Crippen molar-refractivity contribution in [3.05, 3.63) is 24.3 Å². The fourth-order valence-electron chi connectivity index (χ4n) is 3.08. The normalized spacial score (nSPS) is 25.5. The SMILES string of the molecule is NNC(C1CCCC1)C1CSc2ccccc2O1. The Morgan fingerprint density at radius 3 is 2.83 bits per heavy atom. The first-order valence-electron chi connectivity index (χ1n) is 6.73. The van der Waals surface area contributed by atoms with Crippen LogP contribution in [0.3, 0.4) is 0 Å². The van der Waals surface area contributed by atoms with Crippen LogP contribution in [0.2, 0.25) is 0 Å². The van der Waals surface area contributed by atoms with Gasteiger partial charge in [-0.1, -0.05) is 25.0 Å². The van der Waals surface area contributed by atoms with Crippen LogP contribution in [-0.2, 0) is 0 Å². The lowest BCUT2D eigenvalue weighted by Crippen LogP contribution is -2.52. The van der Waals surface area contributed by atoms with Gasteiger partial charge in [-0.05, 0) is 30.9 Å². The Labute approximate surface area is 112 Å². The van der Waals surface area contributed by atoms with Crippen molar-refractivity contribution in [3.63, 3.8) is 0 Å². The fraction of sp³-hybridized carbons (Fsp3) is 0.571. The molecule has 1 aromatic carbocycles. The largest absolute Gasteiger partial charge is 0.487 e. The maximum Gasteiger partial charge on any atom is 0.133 e. The van der Waals surface area contributed by atoms with Gasteiger partial charge in [-0.15, -0.1) is 11.8 Å². The first-order chi connectivity index (χ1) is 8.88. The van der Waals surface area contributed by atoms with E-state index in [0.29, 0.717) is 5.92 Å². The van der Waals surface area contributed by atoms with Gasteiger partial charge in [-0.2, -0.15) is 0 Å². The third-order valence-corrected chi connectivity index (χ3v) is 5.17. The number of thioether (sulfide) groups is 1. The molecule has 1 heterocycles. The minimum Gasteiger partial charge on any atom is -0.487 e. The number of nitrogens with two attached hydrogens (primary N) is 1. The molecule has 1 aliphatic heterocycles. The molecular weight excluding hydrogens is 244 g/mol. The smallest absolute Gasteiger partial charge is 0.133 e. The molecule has 1 aliphatic carbocycles. The summed E-state index contributed by atoms with van der Waals surface area (Å²) in [7, 11) is 0. The summed E-state index contributed by atoms with van der Waals surface area (Å²) >= 11 is 1.88. The number of para-hydroxylation sites is 1. The van der Waals surface area contributed by atoms with Crippen LogP contribution >= 0.6 is 11.8 Å². The van der Waals surface area contributed by atoms with Crippen molar-refractivity contribution in [1.82, 2.24) is 5.43 Å². The Bertz CT molecular complexity index is 407. The van der Waals surface area contributed by atoms with Gasteiger partial charge in [0.15, 0.2) is 0 Å². The zero-order valence-corrected chi connectivity index (χ0v) is 11.3. The first kappa shape index (κ1) is 12.3. The Balaban J connectivity index is 1.73. The molecule has 0 aromatic heterocycles. The van der Waals surface area contributed by atoms with E-state index in [1.54, 1.807) is 0 Å². The van der Waals surface area contributed by atoms with E-state index in [-0.39, 0.29) is 12.1 Å². The average molecular weight is 264 g/mol. The molecule has 3 N–H and O–H groups in total. The summed E-state index contributed by atoms with van der Waals surface area (Å²) in [6.07, 6.45) is 5.42. The van der Waals surface area contributed by atoms with E-state index in [1.165, 1.54) is 30.6 Å². The first-order valence-corrected chi connectivity index (χ1v) is 7.71. The van der Waals surface area contributed by atoms with Gasteiger partial charge in [0.2, 0.25) is 0 Å². The van der Waals surface area contributed by atoms with E-state index >= 15 is 0 Å². The predicted molar refractivity (Wildman–Crippen MR) is 74.7 cm³/mol. The van der Waals surface area contributed by atoms with Gasteiger partial charge in [0.25, 0.3) is 0 Å². The van der Waals surface area contributed by atoms with E-state index < -0.39 is 0 Å². The Kier molecular flexibility index (Phi) is 3.77. The molecule has 0 amide bonds. The van der Waals surface area contributed by atoms with Crippen LogP contribution in [0.1, 0.15) is 25.7 Å². The lowest BCUT2D eigenvalue weighted by atomic mass is 9.94. The number of benzene rings is 1. The van der Waals surface area contributed by atoms with Crippen LogP contribution in [0, 0.1) is 5.92 Å². The number of ether oxygens (including phenoxy) is 1. The molecule has 2 unspecified atom stereocenters. The van der Waals surface area contributed by atoms with Gasteiger partial charge in [0, 0.05) is 10.6 Å². The van der Waals surface area contributed by atoms with Crippen LogP contribution in [-0.4, -0.2) is 17.9 Å². The van der Waals surface area contributed by atoms with Gasteiger partial charge in [-0.3, -0.25) is 11.3 Å². The van der Waals surface area contributed by atoms with E-state index in [2.05, 4.69) is 23.6 Å². The standard InChI is InChI=1S/C14H20N2OS/c15-16-14(10-5-1-2-6-10)12-9-18-13-8-4-3-7-11(13)17-12/h3-4,7-8,10,12,14,16H,1-2,5-6,9,15H2. The summed E-state index contributed by atoms with van der Waals surface area (Å²) in [5, 5.41) is 0. The van der Waals surface area contributed by atoms with Crippen LogP contribution < -0.4 is 16.0 Å². The van der Waals surface area contributed by atoms with E-state index in [1.807, 2.05) is 17.8 Å². The van der Waals surface area contributed by atoms with E-state index in [9.17, 15) is 0 Å². The number of hydrogen-bond acceptors (Lipinski definition) is 4. The molecule has 4 heteroatoms. The van der Waals surface area contributed by atoms with Gasteiger partial charge in [0.1, 0.15) is 11.9 Å². The summed E-state index contributed by atoms with van der Waals surface area (Å²) in [5.74, 6) is 8.44. The summed E-state index contributed by atoms with van der Waals surface area (Å²) in [6.45, 7) is 0. The van der Waals surface area contributed by atoms with Crippen molar-refractivity contribution in [3.8, 4) is 5.75 Å². The molecule has 0 radical (unpaired) electrons. The topological polar surface area (TPSA) is 47.3 Å². The van der Waals surface area contributed by atoms with Crippen molar-refractivity contribution in [2.75, 3.05) is 5.75 Å². The van der Waals surface area contributed by atoms with Gasteiger partial charge in [0.05, 0.1) is 6.04 Å². The maximum absolute atomic E-state index is 6.13. The monoisotopic (exact) mass is 264 g/mol. The quantitative estimate of drug-likeness (QED) is 0.650. The highest BCUT2D eigenvalue weighted by Gasteiger charge is 2.34. The molecular formula is C14H20N2OS. The van der Waals surface area contributed by atoms with Crippen LogP contribution in [0.5, 0.6) is 5.75 Å². The molecule has 1 fully saturated rings. The highest BCUT2D eigenvalue weighted by atomic mass is 32.2. The molecule has 98 valence electrons. The van der Waals surface area contributed by atoms with Gasteiger partial charge >= 0.3 is 0 Å². The molecule has 0 bridgehead atoms. The third-order valence-electron chi connectivity index (χ3n) is 4.03. The number of fused-ring (bicyclic) bond motifs is 1. The number of hydrogen-bond donors (Lipinski definition) is 2. The Morgan fingerprint density at radius 1 is 1.28 bits per heavy atom. The number of rotatable bonds is 3. The Morgan fingerprint density at radius 2 is 2.06 bits per heavy atom. The van der Waals surface area contributed by atoms with E-state index in [4.69, 9.17) is 10.6 Å². The van der Waals surface area contributed by atoms with Crippen LogP contribution in [0.15, 0.2) is 29.2 Å². The van der Waals surface area contributed by atoms with Crippen molar-refractivity contribution < 1.29 is 4.74 Å². The van der Waals surface area contributed by atoms with Crippen LogP contribution in [0.4, 0.5) is 0 Å². The maximum atomic E-state index is 6.13. The fourth-order valence-corrected chi connectivity index (χ4v) is 4.13. The minimum absolute atomic E-state index is 0.193. The zero-order chi connectivity index (χ0) is 12.4.